The highest BCUT2D eigenvalue weighted by Gasteiger charge is 2.14. The van der Waals surface area contributed by atoms with Crippen molar-refractivity contribution in [1.29, 1.82) is 0 Å². The molecule has 0 aliphatic carbocycles. The van der Waals surface area contributed by atoms with Crippen LogP contribution in [0.15, 0.2) is 24.5 Å². The van der Waals surface area contributed by atoms with E-state index in [1.54, 1.807) is 13.4 Å². The van der Waals surface area contributed by atoms with E-state index in [9.17, 15) is 9.59 Å². The topological polar surface area (TPSA) is 55.2 Å². The number of fused-ring (bicyclic) bond motifs is 1. The molecule has 1 heterocycles. The number of hydrogen-bond donors (Lipinski definition) is 0. The first-order valence-electron chi connectivity index (χ1n) is 5.65. The number of carbonyl (C=O) groups excluding carboxylic acids is 2. The Morgan fingerprint density at radius 2 is 2.11 bits per heavy atom. The van der Waals surface area contributed by atoms with Gasteiger partial charge in [0.1, 0.15) is 0 Å². The summed E-state index contributed by atoms with van der Waals surface area (Å²) in [6.45, 7) is 1.69. The zero-order valence-corrected chi connectivity index (χ0v) is 10.7. The smallest absolute Gasteiger partial charge is 0.289 e. The molecule has 0 saturated heterocycles. The molecule has 0 atom stereocenters. The number of likely N-dealkylation sites (N-methyl/N-ethyl adjacent to an activating group) is 1. The molecule has 1 aromatic carbocycles. The Morgan fingerprint density at radius 3 is 2.78 bits per heavy atom. The molecule has 1 aromatic heterocycles. The number of benzene rings is 1. The van der Waals surface area contributed by atoms with Gasteiger partial charge in [-0.25, -0.2) is 4.98 Å². The number of aryl methyl sites for hydroxylation is 1. The van der Waals surface area contributed by atoms with Gasteiger partial charge in [0, 0.05) is 27.6 Å². The molecule has 0 unspecified atom stereocenters. The van der Waals surface area contributed by atoms with Crippen LogP contribution in [0.4, 0.5) is 0 Å². The molecule has 1 amide bonds. The summed E-state index contributed by atoms with van der Waals surface area (Å²) in [7, 11) is 3.55. The van der Waals surface area contributed by atoms with Crippen LogP contribution in [0.1, 0.15) is 12.5 Å². The molecule has 5 heteroatoms. The Bertz CT molecular complexity index is 616. The number of rotatable bonds is 3. The average molecular weight is 245 g/mol. The van der Waals surface area contributed by atoms with E-state index in [1.807, 2.05) is 29.8 Å². The Morgan fingerprint density at radius 1 is 1.39 bits per heavy atom. The fraction of sp³-hybridized carbons (Fsp3) is 0.308. The van der Waals surface area contributed by atoms with E-state index in [0.717, 1.165) is 16.6 Å². The van der Waals surface area contributed by atoms with Gasteiger partial charge in [-0.3, -0.25) is 9.59 Å². The molecule has 0 saturated carbocycles. The SMILES string of the molecule is CC(=O)C(=O)N(C)Cc1ccc2c(c1)ncn2C. The molecular formula is C13H15N3O2. The van der Waals surface area contributed by atoms with E-state index in [1.165, 1.54) is 11.8 Å². The van der Waals surface area contributed by atoms with Crippen LogP contribution in [0.3, 0.4) is 0 Å². The molecule has 0 N–H and O–H groups in total. The number of imidazole rings is 1. The molecular weight excluding hydrogens is 230 g/mol. The molecule has 0 radical (unpaired) electrons. The van der Waals surface area contributed by atoms with Crippen molar-refractivity contribution in [3.05, 3.63) is 30.1 Å². The summed E-state index contributed by atoms with van der Waals surface area (Å²) in [5.74, 6) is -0.924. The van der Waals surface area contributed by atoms with Crippen molar-refractivity contribution < 1.29 is 9.59 Å². The molecule has 0 spiro atoms. The van der Waals surface area contributed by atoms with Crippen molar-refractivity contribution in [2.45, 2.75) is 13.5 Å². The Hall–Kier alpha value is -2.17. The predicted molar refractivity (Wildman–Crippen MR) is 67.9 cm³/mol. The summed E-state index contributed by atoms with van der Waals surface area (Å²) >= 11 is 0. The van der Waals surface area contributed by atoms with Gasteiger partial charge in [0.2, 0.25) is 5.78 Å². The van der Waals surface area contributed by atoms with Crippen LogP contribution >= 0.6 is 0 Å². The number of hydrogen-bond acceptors (Lipinski definition) is 3. The minimum Gasteiger partial charge on any atom is -0.335 e. The van der Waals surface area contributed by atoms with E-state index in [4.69, 9.17) is 0 Å². The van der Waals surface area contributed by atoms with Crippen LogP contribution in [0.25, 0.3) is 11.0 Å². The van der Waals surface area contributed by atoms with Crippen LogP contribution in [0, 0.1) is 0 Å². The maximum absolute atomic E-state index is 11.5. The quantitative estimate of drug-likeness (QED) is 0.761. The number of carbonyl (C=O) groups is 2. The van der Waals surface area contributed by atoms with Crippen molar-refractivity contribution in [2.24, 2.45) is 7.05 Å². The first-order chi connectivity index (χ1) is 8.49. The van der Waals surface area contributed by atoms with E-state index in [2.05, 4.69) is 4.98 Å². The lowest BCUT2D eigenvalue weighted by Gasteiger charge is -2.15. The van der Waals surface area contributed by atoms with Gasteiger partial charge in [-0.2, -0.15) is 0 Å². The molecule has 94 valence electrons. The third-order valence-electron chi connectivity index (χ3n) is 2.86. The van der Waals surface area contributed by atoms with Gasteiger partial charge in [-0.05, 0) is 17.7 Å². The highest BCUT2D eigenvalue weighted by molar-refractivity contribution is 6.34. The van der Waals surface area contributed by atoms with Crippen LogP contribution in [0.5, 0.6) is 0 Å². The van der Waals surface area contributed by atoms with Crippen LogP contribution in [-0.2, 0) is 23.2 Å². The Kier molecular flexibility index (Phi) is 3.14. The largest absolute Gasteiger partial charge is 0.335 e. The summed E-state index contributed by atoms with van der Waals surface area (Å²) < 4.78 is 1.93. The standard InChI is InChI=1S/C13H15N3O2/c1-9(17)13(18)15(2)7-10-4-5-12-11(6-10)14-8-16(12)3/h4-6,8H,7H2,1-3H3. The van der Waals surface area contributed by atoms with Gasteiger partial charge in [0.05, 0.1) is 17.4 Å². The monoisotopic (exact) mass is 245 g/mol. The highest BCUT2D eigenvalue weighted by Crippen LogP contribution is 2.15. The van der Waals surface area contributed by atoms with Gasteiger partial charge in [0.25, 0.3) is 5.91 Å². The van der Waals surface area contributed by atoms with E-state index in [0.29, 0.717) is 6.54 Å². The fourth-order valence-electron chi connectivity index (χ4n) is 1.89. The van der Waals surface area contributed by atoms with Gasteiger partial charge in [-0.1, -0.05) is 6.07 Å². The minimum atomic E-state index is -0.476. The number of amides is 1. The first-order valence-corrected chi connectivity index (χ1v) is 5.65. The number of aromatic nitrogens is 2. The van der Waals surface area contributed by atoms with E-state index < -0.39 is 11.7 Å². The summed E-state index contributed by atoms with van der Waals surface area (Å²) in [6.07, 6.45) is 1.75. The molecule has 0 aliphatic heterocycles. The van der Waals surface area contributed by atoms with Crippen molar-refractivity contribution >= 4 is 22.7 Å². The van der Waals surface area contributed by atoms with Gasteiger partial charge >= 0.3 is 0 Å². The number of ketones is 1. The summed E-state index contributed by atoms with van der Waals surface area (Å²) in [4.78, 5) is 28.1. The average Bonchev–Trinajstić information content (AvgIpc) is 2.69. The second-order valence-corrected chi connectivity index (χ2v) is 4.40. The van der Waals surface area contributed by atoms with Crippen molar-refractivity contribution in [2.75, 3.05) is 7.05 Å². The second-order valence-electron chi connectivity index (χ2n) is 4.40. The van der Waals surface area contributed by atoms with Crippen LogP contribution in [-0.4, -0.2) is 33.2 Å². The zero-order valence-electron chi connectivity index (χ0n) is 10.7. The number of nitrogens with zero attached hydrogens (tertiary/aromatic N) is 3. The lowest BCUT2D eigenvalue weighted by molar-refractivity contribution is -0.143. The minimum absolute atomic E-state index is 0.408. The van der Waals surface area contributed by atoms with Crippen molar-refractivity contribution in [3.8, 4) is 0 Å². The van der Waals surface area contributed by atoms with Gasteiger partial charge in [0.15, 0.2) is 0 Å². The van der Waals surface area contributed by atoms with E-state index >= 15 is 0 Å². The summed E-state index contributed by atoms with van der Waals surface area (Å²) in [6, 6.07) is 5.83. The lowest BCUT2D eigenvalue weighted by Crippen LogP contribution is -2.31. The Balaban J connectivity index is 2.22. The molecule has 5 nitrogen and oxygen atoms in total. The third kappa shape index (κ3) is 2.25. The third-order valence-corrected chi connectivity index (χ3v) is 2.86. The molecule has 0 bridgehead atoms. The normalized spacial score (nSPS) is 10.6. The van der Waals surface area contributed by atoms with Crippen molar-refractivity contribution in [3.63, 3.8) is 0 Å². The maximum atomic E-state index is 11.5. The van der Waals surface area contributed by atoms with E-state index in [-0.39, 0.29) is 0 Å². The van der Waals surface area contributed by atoms with Crippen LogP contribution < -0.4 is 0 Å². The molecule has 2 rings (SSSR count). The molecule has 2 aromatic rings. The lowest BCUT2D eigenvalue weighted by atomic mass is 10.2. The van der Waals surface area contributed by atoms with Crippen molar-refractivity contribution in [1.82, 2.24) is 14.5 Å². The predicted octanol–water partition coefficient (Wildman–Crippen LogP) is 1.12. The summed E-state index contributed by atoms with van der Waals surface area (Å²) in [5, 5.41) is 0. The maximum Gasteiger partial charge on any atom is 0.289 e. The summed E-state index contributed by atoms with van der Waals surface area (Å²) in [5.41, 5.74) is 2.89. The molecule has 0 fully saturated rings. The zero-order chi connectivity index (χ0) is 13.3. The molecule has 0 aliphatic rings. The van der Waals surface area contributed by atoms with Crippen LogP contribution in [0.2, 0.25) is 0 Å². The van der Waals surface area contributed by atoms with Gasteiger partial charge in [-0.15, -0.1) is 0 Å². The molecule has 18 heavy (non-hydrogen) atoms. The first kappa shape index (κ1) is 12.3. The number of Topliss-reactive ketones (excluding diaryl/α,β-unsaturated/α-hetero) is 1. The van der Waals surface area contributed by atoms with Gasteiger partial charge < -0.3 is 9.47 Å². The Labute approximate surface area is 105 Å². The second kappa shape index (κ2) is 4.60. The fourth-order valence-corrected chi connectivity index (χ4v) is 1.89. The highest BCUT2D eigenvalue weighted by atomic mass is 16.2.